The number of amides is 1. The van der Waals surface area contributed by atoms with E-state index in [4.69, 9.17) is 9.47 Å². The van der Waals surface area contributed by atoms with E-state index in [0.29, 0.717) is 18.1 Å². The third-order valence-corrected chi connectivity index (χ3v) is 3.74. The largest absolute Gasteiger partial charge is 0.450 e. The summed E-state index contributed by atoms with van der Waals surface area (Å²) in [5.41, 5.74) is 0.336. The molecule has 2 aliphatic heterocycles. The van der Waals surface area contributed by atoms with Crippen LogP contribution >= 0.6 is 0 Å². The van der Waals surface area contributed by atoms with Gasteiger partial charge in [-0.15, -0.1) is 0 Å². The fraction of sp³-hybridized carbons (Fsp3) is 0.917. The van der Waals surface area contributed by atoms with Crippen LogP contribution in [0.5, 0.6) is 0 Å². The van der Waals surface area contributed by atoms with E-state index in [1.807, 2.05) is 11.8 Å². The summed E-state index contributed by atoms with van der Waals surface area (Å²) in [4.78, 5) is 13.4. The summed E-state index contributed by atoms with van der Waals surface area (Å²) in [7, 11) is 0. The Morgan fingerprint density at radius 1 is 1.50 bits per heavy atom. The van der Waals surface area contributed by atoms with E-state index in [1.54, 1.807) is 0 Å². The molecule has 4 heteroatoms. The average Bonchev–Trinajstić information content (AvgIpc) is 2.61. The molecule has 2 rings (SSSR count). The molecule has 1 amide bonds. The number of ether oxygens (including phenoxy) is 2. The Hall–Kier alpha value is -0.770. The Kier molecular flexibility index (Phi) is 3.38. The van der Waals surface area contributed by atoms with Gasteiger partial charge in [0.05, 0.1) is 19.3 Å². The van der Waals surface area contributed by atoms with E-state index in [0.717, 1.165) is 39.0 Å². The predicted octanol–water partition coefficient (Wildman–Crippen LogP) is 2.03. The topological polar surface area (TPSA) is 38.8 Å². The van der Waals surface area contributed by atoms with Crippen molar-refractivity contribution in [1.82, 2.24) is 4.90 Å². The summed E-state index contributed by atoms with van der Waals surface area (Å²) in [6.07, 6.45) is 3.47. The number of carbonyl (C=O) groups excluding carboxylic acids is 1. The maximum atomic E-state index is 11.5. The van der Waals surface area contributed by atoms with E-state index in [-0.39, 0.29) is 6.09 Å². The van der Waals surface area contributed by atoms with Crippen LogP contribution in [0.1, 0.15) is 33.1 Å². The van der Waals surface area contributed by atoms with Gasteiger partial charge in [-0.05, 0) is 38.5 Å². The summed E-state index contributed by atoms with van der Waals surface area (Å²) >= 11 is 0. The van der Waals surface area contributed by atoms with E-state index < -0.39 is 0 Å². The van der Waals surface area contributed by atoms with Crippen molar-refractivity contribution in [3.63, 3.8) is 0 Å². The Balaban J connectivity index is 1.85. The highest BCUT2D eigenvalue weighted by Gasteiger charge is 2.41. The molecular weight excluding hydrogens is 206 g/mol. The van der Waals surface area contributed by atoms with Crippen LogP contribution in [-0.4, -0.2) is 43.4 Å². The molecular formula is C12H21NO3. The van der Waals surface area contributed by atoms with Crippen LogP contribution < -0.4 is 0 Å². The van der Waals surface area contributed by atoms with Gasteiger partial charge in [-0.2, -0.15) is 0 Å². The van der Waals surface area contributed by atoms with Crippen molar-refractivity contribution in [1.29, 1.82) is 0 Å². The molecule has 0 saturated carbocycles. The predicted molar refractivity (Wildman–Crippen MR) is 60.3 cm³/mol. The SMILES string of the molecule is CCOC(=O)N1CCC2(CC1)CO[C@@H](C)C2. The number of nitrogens with zero attached hydrogens (tertiary/aromatic N) is 1. The smallest absolute Gasteiger partial charge is 0.409 e. The number of piperidine rings is 1. The molecule has 0 aromatic heterocycles. The summed E-state index contributed by atoms with van der Waals surface area (Å²) in [6.45, 7) is 6.93. The zero-order valence-corrected chi connectivity index (χ0v) is 10.2. The number of carbonyl (C=O) groups is 1. The van der Waals surface area contributed by atoms with Crippen molar-refractivity contribution < 1.29 is 14.3 Å². The highest BCUT2D eigenvalue weighted by atomic mass is 16.6. The Morgan fingerprint density at radius 2 is 2.19 bits per heavy atom. The quantitative estimate of drug-likeness (QED) is 0.688. The first-order valence-corrected chi connectivity index (χ1v) is 6.18. The highest BCUT2D eigenvalue weighted by Crippen LogP contribution is 2.41. The second-order valence-electron chi connectivity index (χ2n) is 5.01. The van der Waals surface area contributed by atoms with E-state index >= 15 is 0 Å². The Labute approximate surface area is 96.9 Å². The van der Waals surface area contributed by atoms with Crippen molar-refractivity contribution in [3.05, 3.63) is 0 Å². The van der Waals surface area contributed by atoms with Crippen molar-refractivity contribution >= 4 is 6.09 Å². The summed E-state index contributed by atoms with van der Waals surface area (Å²) in [5.74, 6) is 0. The van der Waals surface area contributed by atoms with Crippen LogP contribution in [0.15, 0.2) is 0 Å². The first kappa shape index (κ1) is 11.7. The van der Waals surface area contributed by atoms with Gasteiger partial charge in [-0.25, -0.2) is 4.79 Å². The van der Waals surface area contributed by atoms with Crippen LogP contribution in [-0.2, 0) is 9.47 Å². The molecule has 0 unspecified atom stereocenters. The lowest BCUT2D eigenvalue weighted by molar-refractivity contribution is 0.0550. The third kappa shape index (κ3) is 2.32. The molecule has 0 bridgehead atoms. The van der Waals surface area contributed by atoms with Crippen LogP contribution in [0.3, 0.4) is 0 Å². The number of hydrogen-bond donors (Lipinski definition) is 0. The van der Waals surface area contributed by atoms with Crippen molar-refractivity contribution in [2.24, 2.45) is 5.41 Å². The number of hydrogen-bond acceptors (Lipinski definition) is 3. The minimum absolute atomic E-state index is 0.163. The Bertz CT molecular complexity index is 259. The van der Waals surface area contributed by atoms with Gasteiger partial charge in [-0.3, -0.25) is 0 Å². The van der Waals surface area contributed by atoms with Crippen LogP contribution in [0.25, 0.3) is 0 Å². The minimum atomic E-state index is -0.163. The second kappa shape index (κ2) is 4.62. The molecule has 0 radical (unpaired) electrons. The van der Waals surface area contributed by atoms with Gasteiger partial charge in [0, 0.05) is 13.1 Å². The fourth-order valence-corrected chi connectivity index (χ4v) is 2.77. The molecule has 16 heavy (non-hydrogen) atoms. The van der Waals surface area contributed by atoms with E-state index in [9.17, 15) is 4.79 Å². The molecule has 2 heterocycles. The standard InChI is InChI=1S/C12H21NO3/c1-3-15-11(14)13-6-4-12(5-7-13)8-10(2)16-9-12/h10H,3-9H2,1-2H3/t10-/m0/s1. The normalized spacial score (nSPS) is 28.4. The number of rotatable bonds is 1. The molecule has 4 nitrogen and oxygen atoms in total. The van der Waals surface area contributed by atoms with Gasteiger partial charge >= 0.3 is 6.09 Å². The van der Waals surface area contributed by atoms with Crippen molar-refractivity contribution in [2.45, 2.75) is 39.2 Å². The molecule has 1 atom stereocenters. The van der Waals surface area contributed by atoms with E-state index in [2.05, 4.69) is 6.92 Å². The highest BCUT2D eigenvalue weighted by molar-refractivity contribution is 5.67. The first-order valence-electron chi connectivity index (χ1n) is 6.18. The lowest BCUT2D eigenvalue weighted by Crippen LogP contribution is -2.43. The van der Waals surface area contributed by atoms with E-state index in [1.165, 1.54) is 0 Å². The van der Waals surface area contributed by atoms with Crippen molar-refractivity contribution in [2.75, 3.05) is 26.3 Å². The Morgan fingerprint density at radius 3 is 2.69 bits per heavy atom. The van der Waals surface area contributed by atoms with Gasteiger partial charge in [-0.1, -0.05) is 0 Å². The molecule has 1 spiro atoms. The molecule has 0 aliphatic carbocycles. The molecule has 2 aliphatic rings. The number of likely N-dealkylation sites (tertiary alicyclic amines) is 1. The van der Waals surface area contributed by atoms with Crippen LogP contribution in [0.4, 0.5) is 4.79 Å². The molecule has 0 aromatic carbocycles. The molecule has 92 valence electrons. The maximum absolute atomic E-state index is 11.5. The second-order valence-corrected chi connectivity index (χ2v) is 5.01. The third-order valence-electron chi connectivity index (χ3n) is 3.74. The van der Waals surface area contributed by atoms with Crippen LogP contribution in [0, 0.1) is 5.41 Å². The molecule has 0 aromatic rings. The van der Waals surface area contributed by atoms with Gasteiger partial charge in [0.1, 0.15) is 0 Å². The summed E-state index contributed by atoms with van der Waals surface area (Å²) < 4.78 is 10.7. The zero-order chi connectivity index (χ0) is 11.6. The lowest BCUT2D eigenvalue weighted by atomic mass is 9.77. The van der Waals surface area contributed by atoms with Gasteiger partial charge in [0.25, 0.3) is 0 Å². The summed E-state index contributed by atoms with van der Waals surface area (Å²) in [6, 6.07) is 0. The van der Waals surface area contributed by atoms with Gasteiger partial charge in [0.2, 0.25) is 0 Å². The summed E-state index contributed by atoms with van der Waals surface area (Å²) in [5, 5.41) is 0. The van der Waals surface area contributed by atoms with Crippen LogP contribution in [0.2, 0.25) is 0 Å². The molecule has 2 saturated heterocycles. The molecule has 2 fully saturated rings. The lowest BCUT2D eigenvalue weighted by Gasteiger charge is -2.37. The van der Waals surface area contributed by atoms with Gasteiger partial charge in [0.15, 0.2) is 0 Å². The van der Waals surface area contributed by atoms with Gasteiger partial charge < -0.3 is 14.4 Å². The van der Waals surface area contributed by atoms with Crippen molar-refractivity contribution in [3.8, 4) is 0 Å². The minimum Gasteiger partial charge on any atom is -0.450 e. The molecule has 0 N–H and O–H groups in total. The monoisotopic (exact) mass is 227 g/mol. The first-order chi connectivity index (χ1) is 7.65. The average molecular weight is 227 g/mol. The fourth-order valence-electron chi connectivity index (χ4n) is 2.77. The zero-order valence-electron chi connectivity index (χ0n) is 10.2. The maximum Gasteiger partial charge on any atom is 0.409 e.